The van der Waals surface area contributed by atoms with Gasteiger partial charge in [-0.1, -0.05) is 6.07 Å². The number of benzene rings is 1. The summed E-state index contributed by atoms with van der Waals surface area (Å²) in [4.78, 5) is 29.4. The Balaban J connectivity index is 1.74. The van der Waals surface area contributed by atoms with Gasteiger partial charge in [-0.15, -0.1) is 0 Å². The van der Waals surface area contributed by atoms with Crippen molar-refractivity contribution < 1.29 is 9.21 Å². The molecule has 0 unspecified atom stereocenters. The molecular weight excluding hydrogens is 270 g/mol. The number of H-pyrrole nitrogens is 1. The van der Waals surface area contributed by atoms with Crippen LogP contribution < -0.4 is 11.1 Å². The molecular formula is C15H11N3O3. The van der Waals surface area contributed by atoms with E-state index in [1.807, 2.05) is 6.07 Å². The van der Waals surface area contributed by atoms with E-state index in [9.17, 15) is 9.59 Å². The zero-order valence-corrected chi connectivity index (χ0v) is 10.9. The van der Waals surface area contributed by atoms with Crippen LogP contribution in [-0.2, 0) is 4.79 Å². The molecule has 0 saturated heterocycles. The molecule has 104 valence electrons. The van der Waals surface area contributed by atoms with Gasteiger partial charge in [0.05, 0.1) is 5.52 Å². The predicted molar refractivity (Wildman–Crippen MR) is 78.7 cm³/mol. The normalized spacial score (nSPS) is 11.0. The van der Waals surface area contributed by atoms with Crippen molar-refractivity contribution in [1.82, 2.24) is 9.97 Å². The van der Waals surface area contributed by atoms with Gasteiger partial charge in [-0.3, -0.25) is 14.8 Å². The molecule has 0 fully saturated rings. The molecule has 0 aliphatic rings. The highest BCUT2D eigenvalue weighted by molar-refractivity contribution is 6.02. The summed E-state index contributed by atoms with van der Waals surface area (Å²) in [5, 5.41) is 2.70. The largest absolute Gasteiger partial charge is 0.417 e. The molecule has 1 aromatic carbocycles. The maximum atomic E-state index is 11.8. The smallest absolute Gasteiger partial charge is 0.408 e. The first kappa shape index (κ1) is 12.9. The van der Waals surface area contributed by atoms with E-state index in [4.69, 9.17) is 4.42 Å². The molecule has 6 nitrogen and oxygen atoms in total. The molecule has 0 radical (unpaired) electrons. The Morgan fingerprint density at radius 2 is 2.24 bits per heavy atom. The Labute approximate surface area is 119 Å². The predicted octanol–water partition coefficient (Wildman–Crippen LogP) is 2.17. The number of hydrogen-bond acceptors (Lipinski definition) is 4. The first-order valence-corrected chi connectivity index (χ1v) is 6.23. The zero-order valence-electron chi connectivity index (χ0n) is 10.9. The number of carbonyl (C=O) groups excluding carboxylic acids is 1. The number of rotatable bonds is 3. The number of aromatic nitrogens is 2. The lowest BCUT2D eigenvalue weighted by Gasteiger charge is -2.01. The number of amides is 1. The minimum Gasteiger partial charge on any atom is -0.408 e. The Morgan fingerprint density at radius 3 is 3.05 bits per heavy atom. The molecule has 3 aromatic rings. The second kappa shape index (κ2) is 5.46. The van der Waals surface area contributed by atoms with Crippen LogP contribution >= 0.6 is 0 Å². The maximum absolute atomic E-state index is 11.8. The standard InChI is InChI=1S/C15H11N3O3/c19-14(6-3-10-2-1-7-16-9-10)17-11-4-5-13-12(8-11)18-15(20)21-13/h1-9H,(H,17,19)(H,18,20)/b6-3+. The number of anilines is 1. The van der Waals surface area contributed by atoms with E-state index in [0.29, 0.717) is 16.8 Å². The van der Waals surface area contributed by atoms with Crippen LogP contribution in [0.4, 0.5) is 5.69 Å². The van der Waals surface area contributed by atoms with Crippen molar-refractivity contribution in [3.63, 3.8) is 0 Å². The fraction of sp³-hybridized carbons (Fsp3) is 0. The van der Waals surface area contributed by atoms with Gasteiger partial charge in [0, 0.05) is 24.2 Å². The van der Waals surface area contributed by atoms with E-state index >= 15 is 0 Å². The van der Waals surface area contributed by atoms with Crippen molar-refractivity contribution in [2.75, 3.05) is 5.32 Å². The highest BCUT2D eigenvalue weighted by Crippen LogP contribution is 2.16. The van der Waals surface area contributed by atoms with Crippen molar-refractivity contribution in [2.24, 2.45) is 0 Å². The van der Waals surface area contributed by atoms with E-state index in [-0.39, 0.29) is 5.91 Å². The molecule has 0 atom stereocenters. The number of pyridine rings is 1. The van der Waals surface area contributed by atoms with Gasteiger partial charge < -0.3 is 9.73 Å². The van der Waals surface area contributed by atoms with Gasteiger partial charge >= 0.3 is 5.76 Å². The van der Waals surface area contributed by atoms with Gasteiger partial charge in [-0.05, 0) is 35.9 Å². The molecule has 2 N–H and O–H groups in total. The minimum atomic E-state index is -0.523. The van der Waals surface area contributed by atoms with Crippen LogP contribution in [0.5, 0.6) is 0 Å². The number of fused-ring (bicyclic) bond motifs is 1. The monoisotopic (exact) mass is 281 g/mol. The second-order valence-electron chi connectivity index (χ2n) is 4.33. The highest BCUT2D eigenvalue weighted by Gasteiger charge is 2.03. The molecule has 3 rings (SSSR count). The number of oxazole rings is 1. The topological polar surface area (TPSA) is 88.0 Å². The molecule has 2 aromatic heterocycles. The zero-order chi connectivity index (χ0) is 14.7. The van der Waals surface area contributed by atoms with Gasteiger partial charge in [-0.2, -0.15) is 0 Å². The summed E-state index contributed by atoms with van der Waals surface area (Å²) >= 11 is 0. The third kappa shape index (κ3) is 3.06. The van der Waals surface area contributed by atoms with Crippen molar-refractivity contribution in [1.29, 1.82) is 0 Å². The van der Waals surface area contributed by atoms with Gasteiger partial charge in [-0.25, -0.2) is 4.79 Å². The maximum Gasteiger partial charge on any atom is 0.417 e. The average Bonchev–Trinajstić information content (AvgIpc) is 2.85. The number of hydrogen-bond donors (Lipinski definition) is 2. The molecule has 1 amide bonds. The van der Waals surface area contributed by atoms with Gasteiger partial charge in [0.25, 0.3) is 0 Å². The van der Waals surface area contributed by atoms with Crippen LogP contribution in [0, 0.1) is 0 Å². The number of aromatic amines is 1. The van der Waals surface area contributed by atoms with E-state index in [1.165, 1.54) is 6.08 Å². The van der Waals surface area contributed by atoms with Crippen LogP contribution in [0.3, 0.4) is 0 Å². The van der Waals surface area contributed by atoms with Crippen LogP contribution in [0.25, 0.3) is 17.2 Å². The molecule has 0 saturated carbocycles. The summed E-state index contributed by atoms with van der Waals surface area (Å²) in [5.41, 5.74) is 2.39. The first-order valence-electron chi connectivity index (χ1n) is 6.23. The summed E-state index contributed by atoms with van der Waals surface area (Å²) in [6.07, 6.45) is 6.41. The summed E-state index contributed by atoms with van der Waals surface area (Å²) in [6, 6.07) is 8.55. The Kier molecular flexibility index (Phi) is 3.34. The molecule has 2 heterocycles. The van der Waals surface area contributed by atoms with E-state index in [0.717, 1.165) is 5.56 Å². The Morgan fingerprint density at radius 1 is 1.33 bits per heavy atom. The van der Waals surface area contributed by atoms with Gasteiger partial charge in [0.1, 0.15) is 0 Å². The van der Waals surface area contributed by atoms with Gasteiger partial charge in [0.2, 0.25) is 5.91 Å². The lowest BCUT2D eigenvalue weighted by atomic mass is 10.2. The summed E-state index contributed by atoms with van der Waals surface area (Å²) in [6.45, 7) is 0. The molecule has 0 aliphatic heterocycles. The quantitative estimate of drug-likeness (QED) is 0.720. The number of nitrogens with zero attached hydrogens (tertiary/aromatic N) is 1. The van der Waals surface area contributed by atoms with Crippen molar-refractivity contribution in [3.8, 4) is 0 Å². The summed E-state index contributed by atoms with van der Waals surface area (Å²) < 4.78 is 4.89. The lowest BCUT2D eigenvalue weighted by molar-refractivity contribution is -0.111. The van der Waals surface area contributed by atoms with Crippen molar-refractivity contribution >= 4 is 28.8 Å². The van der Waals surface area contributed by atoms with E-state index in [2.05, 4.69) is 15.3 Å². The van der Waals surface area contributed by atoms with E-state index < -0.39 is 5.76 Å². The number of carbonyl (C=O) groups is 1. The fourth-order valence-corrected chi connectivity index (χ4v) is 1.86. The van der Waals surface area contributed by atoms with Crippen LogP contribution in [0.15, 0.2) is 58.0 Å². The van der Waals surface area contributed by atoms with Crippen LogP contribution in [0.2, 0.25) is 0 Å². The lowest BCUT2D eigenvalue weighted by Crippen LogP contribution is -2.07. The average molecular weight is 281 g/mol. The molecule has 0 aliphatic carbocycles. The van der Waals surface area contributed by atoms with Gasteiger partial charge in [0.15, 0.2) is 5.58 Å². The summed E-state index contributed by atoms with van der Waals surface area (Å²) in [7, 11) is 0. The Bertz CT molecular complexity index is 863. The molecule has 6 heteroatoms. The Hall–Kier alpha value is -3.15. The van der Waals surface area contributed by atoms with Crippen LogP contribution in [0.1, 0.15) is 5.56 Å². The van der Waals surface area contributed by atoms with Crippen molar-refractivity contribution in [2.45, 2.75) is 0 Å². The van der Waals surface area contributed by atoms with E-state index in [1.54, 1.807) is 42.7 Å². The molecule has 0 spiro atoms. The third-order valence-corrected chi connectivity index (χ3v) is 2.80. The summed E-state index contributed by atoms with van der Waals surface area (Å²) in [5.74, 6) is -0.797. The molecule has 0 bridgehead atoms. The molecule has 21 heavy (non-hydrogen) atoms. The fourth-order valence-electron chi connectivity index (χ4n) is 1.86. The third-order valence-electron chi connectivity index (χ3n) is 2.80. The SMILES string of the molecule is O=C(/C=C/c1cccnc1)Nc1ccc2oc(=O)[nH]c2c1. The highest BCUT2D eigenvalue weighted by atomic mass is 16.4. The second-order valence-corrected chi connectivity index (χ2v) is 4.33. The first-order chi connectivity index (χ1) is 10.2. The minimum absolute atomic E-state index is 0.274. The number of nitrogens with one attached hydrogen (secondary N) is 2. The van der Waals surface area contributed by atoms with Crippen molar-refractivity contribution in [3.05, 3.63) is 64.9 Å². The van der Waals surface area contributed by atoms with Crippen LogP contribution in [-0.4, -0.2) is 15.9 Å².